The van der Waals surface area contributed by atoms with Gasteiger partial charge in [0.15, 0.2) is 0 Å². The van der Waals surface area contributed by atoms with Gasteiger partial charge in [-0.25, -0.2) is 9.97 Å². The van der Waals surface area contributed by atoms with Crippen LogP contribution in [0.4, 0.5) is 11.4 Å². The molecule has 0 aliphatic heterocycles. The zero-order chi connectivity index (χ0) is 19.7. The van der Waals surface area contributed by atoms with E-state index in [1.54, 1.807) is 46.1 Å². The minimum Gasteiger partial charge on any atom is -0.305 e. The highest BCUT2D eigenvalue weighted by Crippen LogP contribution is 2.34. The standard InChI is InChI=1S/C16H8Cl2N10/c17-9-7-27(15-13(9)11(23-25-19)1-3-21-15)5-6-28-8-10(18)14-12(24-26-20)2-4-22-16(14)28/h1-8H/b6-5+. The fourth-order valence-corrected chi connectivity index (χ4v) is 3.43. The van der Waals surface area contributed by atoms with E-state index >= 15 is 0 Å². The average molecular weight is 411 g/mol. The largest absolute Gasteiger partial charge is 0.305 e. The maximum absolute atomic E-state index is 8.71. The van der Waals surface area contributed by atoms with Crippen molar-refractivity contribution in [3.8, 4) is 0 Å². The van der Waals surface area contributed by atoms with Gasteiger partial charge in [-0.15, -0.1) is 0 Å². The molecule has 28 heavy (non-hydrogen) atoms. The second-order valence-electron chi connectivity index (χ2n) is 5.50. The summed E-state index contributed by atoms with van der Waals surface area (Å²) in [4.78, 5) is 14.2. The van der Waals surface area contributed by atoms with Gasteiger partial charge in [0.25, 0.3) is 0 Å². The Bertz CT molecular complexity index is 1250. The van der Waals surface area contributed by atoms with Gasteiger partial charge in [0.05, 0.1) is 21.4 Å². The Morgan fingerprint density at radius 1 is 0.821 bits per heavy atom. The van der Waals surface area contributed by atoms with E-state index in [2.05, 4.69) is 30.0 Å². The molecule has 12 heteroatoms. The van der Waals surface area contributed by atoms with Gasteiger partial charge in [-0.2, -0.15) is 0 Å². The van der Waals surface area contributed by atoms with Crippen molar-refractivity contribution in [3.63, 3.8) is 0 Å². The van der Waals surface area contributed by atoms with Crippen LogP contribution in [0.15, 0.2) is 47.1 Å². The summed E-state index contributed by atoms with van der Waals surface area (Å²) in [7, 11) is 0. The molecule has 4 rings (SSSR count). The topological polar surface area (TPSA) is 133 Å². The van der Waals surface area contributed by atoms with Gasteiger partial charge in [0.1, 0.15) is 11.3 Å². The second kappa shape index (κ2) is 7.15. The molecule has 10 nitrogen and oxygen atoms in total. The highest BCUT2D eigenvalue weighted by Gasteiger charge is 2.12. The first-order valence-electron chi connectivity index (χ1n) is 7.72. The fourth-order valence-electron chi connectivity index (χ4n) is 2.86. The van der Waals surface area contributed by atoms with E-state index in [9.17, 15) is 0 Å². The first kappa shape index (κ1) is 17.7. The Morgan fingerprint density at radius 3 is 1.64 bits per heavy atom. The van der Waals surface area contributed by atoms with Crippen LogP contribution < -0.4 is 0 Å². The number of fused-ring (bicyclic) bond motifs is 2. The third-order valence-corrected chi connectivity index (χ3v) is 4.56. The molecule has 0 N–H and O–H groups in total. The summed E-state index contributed by atoms with van der Waals surface area (Å²) in [5.41, 5.74) is 19.3. The van der Waals surface area contributed by atoms with Gasteiger partial charge in [0.2, 0.25) is 0 Å². The molecule has 0 spiro atoms. The minimum atomic E-state index is 0.389. The number of pyridine rings is 2. The van der Waals surface area contributed by atoms with Crippen molar-refractivity contribution in [2.45, 2.75) is 0 Å². The molecule has 0 bridgehead atoms. The molecular weight excluding hydrogens is 403 g/mol. The highest BCUT2D eigenvalue weighted by molar-refractivity contribution is 6.37. The molecule has 0 saturated heterocycles. The molecule has 0 fully saturated rings. The summed E-state index contributed by atoms with van der Waals surface area (Å²) in [6, 6.07) is 3.17. The van der Waals surface area contributed by atoms with Crippen molar-refractivity contribution in [1.82, 2.24) is 19.1 Å². The van der Waals surface area contributed by atoms with E-state index in [0.29, 0.717) is 43.5 Å². The monoisotopic (exact) mass is 410 g/mol. The van der Waals surface area contributed by atoms with Crippen LogP contribution in [-0.4, -0.2) is 19.1 Å². The summed E-state index contributed by atoms with van der Waals surface area (Å²) >= 11 is 12.6. The van der Waals surface area contributed by atoms with Crippen molar-refractivity contribution in [2.75, 3.05) is 0 Å². The molecule has 0 saturated carbocycles. The lowest BCUT2D eigenvalue weighted by molar-refractivity contribution is 1.14. The number of aromatic nitrogens is 4. The summed E-state index contributed by atoms with van der Waals surface area (Å²) < 4.78 is 3.37. The molecule has 0 atom stereocenters. The molecule has 0 aliphatic rings. The van der Waals surface area contributed by atoms with E-state index in [1.165, 1.54) is 12.4 Å². The zero-order valence-electron chi connectivity index (χ0n) is 13.8. The predicted octanol–water partition coefficient (Wildman–Crippen LogP) is 6.66. The second-order valence-corrected chi connectivity index (χ2v) is 6.32. The number of azide groups is 2. The van der Waals surface area contributed by atoms with Gasteiger partial charge >= 0.3 is 0 Å². The average Bonchev–Trinajstić information content (AvgIpc) is 3.19. The predicted molar refractivity (Wildman–Crippen MR) is 109 cm³/mol. The van der Waals surface area contributed by atoms with Crippen LogP contribution in [0.3, 0.4) is 0 Å². The number of hydrogen-bond acceptors (Lipinski definition) is 4. The Kier molecular flexibility index (Phi) is 4.52. The Labute approximate surface area is 166 Å². The Balaban J connectivity index is 1.85. The van der Waals surface area contributed by atoms with Crippen LogP contribution in [-0.2, 0) is 0 Å². The van der Waals surface area contributed by atoms with Gasteiger partial charge in [-0.3, -0.25) is 0 Å². The van der Waals surface area contributed by atoms with E-state index in [-0.39, 0.29) is 0 Å². The van der Waals surface area contributed by atoms with E-state index in [4.69, 9.17) is 34.3 Å². The molecule has 136 valence electrons. The Hall–Kier alpha value is -3.68. The zero-order valence-corrected chi connectivity index (χ0v) is 15.4. The third kappa shape index (κ3) is 2.88. The summed E-state index contributed by atoms with van der Waals surface area (Å²) in [6.07, 6.45) is 9.78. The number of hydrogen-bond donors (Lipinski definition) is 0. The molecule has 0 aromatic carbocycles. The lowest BCUT2D eigenvalue weighted by Gasteiger charge is -2.00. The van der Waals surface area contributed by atoms with Crippen LogP contribution in [0.2, 0.25) is 10.0 Å². The lowest BCUT2D eigenvalue weighted by Crippen LogP contribution is -1.90. The number of nitrogens with zero attached hydrogens (tertiary/aromatic N) is 10. The molecule has 0 unspecified atom stereocenters. The van der Waals surface area contributed by atoms with Crippen LogP contribution in [0.1, 0.15) is 0 Å². The highest BCUT2D eigenvalue weighted by atomic mass is 35.5. The van der Waals surface area contributed by atoms with Gasteiger partial charge in [0, 0.05) is 57.8 Å². The van der Waals surface area contributed by atoms with Crippen molar-refractivity contribution in [2.24, 2.45) is 10.2 Å². The lowest BCUT2D eigenvalue weighted by atomic mass is 10.3. The van der Waals surface area contributed by atoms with Crippen molar-refractivity contribution in [1.29, 1.82) is 0 Å². The maximum Gasteiger partial charge on any atom is 0.145 e. The van der Waals surface area contributed by atoms with Gasteiger partial charge in [-0.1, -0.05) is 33.4 Å². The van der Waals surface area contributed by atoms with E-state index < -0.39 is 0 Å². The number of halogens is 2. The van der Waals surface area contributed by atoms with Gasteiger partial charge in [-0.05, 0) is 23.2 Å². The Morgan fingerprint density at radius 2 is 1.25 bits per heavy atom. The van der Waals surface area contributed by atoms with Crippen LogP contribution >= 0.6 is 23.2 Å². The molecule has 0 amide bonds. The normalized spacial score (nSPS) is 11.1. The number of rotatable bonds is 4. The molecule has 0 aliphatic carbocycles. The summed E-state index contributed by atoms with van der Waals surface area (Å²) in [5.74, 6) is 0. The van der Waals surface area contributed by atoms with E-state index in [1.807, 2.05) is 0 Å². The van der Waals surface area contributed by atoms with Crippen molar-refractivity contribution in [3.05, 3.63) is 67.9 Å². The maximum atomic E-state index is 8.71. The molecule has 4 aromatic heterocycles. The van der Waals surface area contributed by atoms with Crippen LogP contribution in [0.25, 0.3) is 55.4 Å². The first-order chi connectivity index (χ1) is 13.6. The molecule has 0 radical (unpaired) electrons. The van der Waals surface area contributed by atoms with E-state index in [0.717, 1.165) is 0 Å². The quantitative estimate of drug-likeness (QED) is 0.211. The summed E-state index contributed by atoms with van der Waals surface area (Å²) in [6.45, 7) is 0. The first-order valence-corrected chi connectivity index (χ1v) is 8.48. The molecule has 4 heterocycles. The van der Waals surface area contributed by atoms with Crippen molar-refractivity contribution >= 4 is 69.0 Å². The SMILES string of the molecule is [N-]=[N+]=Nc1ccnc2c1c(Cl)cn2/C=C/n1cc(Cl)c2c(N=[N+]=[N-])ccnc21. The molecular formula is C16H8Cl2N10. The smallest absolute Gasteiger partial charge is 0.145 e. The fraction of sp³-hybridized carbons (Fsp3) is 0. The third-order valence-electron chi connectivity index (χ3n) is 3.98. The van der Waals surface area contributed by atoms with Crippen LogP contribution in [0.5, 0.6) is 0 Å². The van der Waals surface area contributed by atoms with Crippen molar-refractivity contribution < 1.29 is 0 Å². The minimum absolute atomic E-state index is 0.389. The van der Waals surface area contributed by atoms with Gasteiger partial charge < -0.3 is 9.13 Å². The van der Waals surface area contributed by atoms with Crippen LogP contribution in [0, 0.1) is 0 Å². The summed E-state index contributed by atoms with van der Waals surface area (Å²) in [5, 5.41) is 9.18. The molecule has 4 aromatic rings.